The fourth-order valence-electron chi connectivity index (χ4n) is 4.54. The molecular weight excluding hydrogens is 470 g/mol. The van der Waals surface area contributed by atoms with Crippen LogP contribution in [0.15, 0.2) is 66.7 Å². The van der Waals surface area contributed by atoms with Crippen LogP contribution in [-0.2, 0) is 16.2 Å². The summed E-state index contributed by atoms with van der Waals surface area (Å²) in [6.45, 7) is 2.76. The van der Waals surface area contributed by atoms with Crippen molar-refractivity contribution in [3.8, 4) is 5.75 Å². The van der Waals surface area contributed by atoms with Crippen LogP contribution in [0.3, 0.4) is 0 Å². The van der Waals surface area contributed by atoms with E-state index in [9.17, 15) is 9.59 Å². The van der Waals surface area contributed by atoms with Crippen LogP contribution in [0, 0.1) is 6.92 Å². The highest BCUT2D eigenvalue weighted by Crippen LogP contribution is 2.54. The molecule has 2 aliphatic rings. The van der Waals surface area contributed by atoms with Crippen molar-refractivity contribution < 1.29 is 14.3 Å². The Morgan fingerprint density at radius 1 is 1.15 bits per heavy atom. The molecule has 0 aliphatic carbocycles. The van der Waals surface area contributed by atoms with Crippen molar-refractivity contribution in [2.24, 2.45) is 0 Å². The lowest BCUT2D eigenvalue weighted by Crippen LogP contribution is -2.51. The van der Waals surface area contributed by atoms with Gasteiger partial charge in [-0.1, -0.05) is 48.0 Å². The van der Waals surface area contributed by atoms with Crippen LogP contribution in [0.4, 0.5) is 16.2 Å². The predicted molar refractivity (Wildman–Crippen MR) is 137 cm³/mol. The lowest BCUT2D eigenvalue weighted by Gasteiger charge is -2.33. The molecule has 1 fully saturated rings. The molecule has 1 saturated heterocycles. The topological polar surface area (TPSA) is 61.9 Å². The van der Waals surface area contributed by atoms with Gasteiger partial charge < -0.3 is 15.0 Å². The average Bonchev–Trinajstić information content (AvgIpc) is 3.39. The monoisotopic (exact) mass is 493 g/mol. The molecule has 174 valence electrons. The number of carbonyl (C=O) groups is 2. The highest BCUT2D eigenvalue weighted by Gasteiger charge is 2.59. The number of benzene rings is 3. The lowest BCUT2D eigenvalue weighted by molar-refractivity contribution is -0.123. The molecule has 1 N–H and O–H groups in total. The fourth-order valence-corrected chi connectivity index (χ4v) is 6.18. The minimum absolute atomic E-state index is 0.115. The number of ether oxygens (including phenoxy) is 1. The summed E-state index contributed by atoms with van der Waals surface area (Å²) in [5, 5.41) is 3.51. The van der Waals surface area contributed by atoms with E-state index in [0.717, 1.165) is 28.1 Å². The molecule has 3 aromatic carbocycles. The van der Waals surface area contributed by atoms with E-state index in [1.807, 2.05) is 67.6 Å². The number of halogens is 1. The molecule has 8 heteroatoms. The molecule has 3 amide bonds. The molecule has 1 spiro atoms. The van der Waals surface area contributed by atoms with Crippen LogP contribution in [-0.4, -0.2) is 36.2 Å². The Hall–Kier alpha value is -3.16. The number of thioether (sulfide) groups is 1. The summed E-state index contributed by atoms with van der Waals surface area (Å²) in [4.78, 5) is 29.8. The van der Waals surface area contributed by atoms with Crippen molar-refractivity contribution in [3.05, 3.63) is 88.4 Å². The van der Waals surface area contributed by atoms with Crippen molar-refractivity contribution in [3.63, 3.8) is 0 Å². The number of amides is 3. The zero-order chi connectivity index (χ0) is 23.9. The van der Waals surface area contributed by atoms with Gasteiger partial charge in [-0.15, -0.1) is 11.8 Å². The maximum atomic E-state index is 14.0. The third-order valence-corrected chi connectivity index (χ3v) is 8.07. The molecule has 5 rings (SSSR count). The number of para-hydroxylation sites is 1. The summed E-state index contributed by atoms with van der Waals surface area (Å²) in [7, 11) is 1.62. The fraction of sp³-hybridized carbons (Fsp3) is 0.231. The number of hydrogen-bond acceptors (Lipinski definition) is 4. The van der Waals surface area contributed by atoms with Crippen molar-refractivity contribution in [2.45, 2.75) is 18.3 Å². The van der Waals surface area contributed by atoms with Crippen LogP contribution < -0.4 is 15.0 Å². The van der Waals surface area contributed by atoms with Gasteiger partial charge in [-0.3, -0.25) is 9.69 Å². The third-order valence-electron chi connectivity index (χ3n) is 6.24. The normalized spacial score (nSPS) is 19.0. The number of rotatable bonds is 4. The molecule has 0 saturated carbocycles. The van der Waals surface area contributed by atoms with Gasteiger partial charge in [0.1, 0.15) is 5.75 Å². The Labute approximate surface area is 207 Å². The predicted octanol–water partition coefficient (Wildman–Crippen LogP) is 5.64. The Morgan fingerprint density at radius 2 is 1.97 bits per heavy atom. The van der Waals surface area contributed by atoms with Gasteiger partial charge in [-0.25, -0.2) is 4.79 Å². The van der Waals surface area contributed by atoms with Gasteiger partial charge in [0.15, 0.2) is 4.87 Å². The highest BCUT2D eigenvalue weighted by molar-refractivity contribution is 8.01. The number of methoxy groups -OCH3 is 1. The van der Waals surface area contributed by atoms with E-state index in [4.69, 9.17) is 16.3 Å². The van der Waals surface area contributed by atoms with Crippen LogP contribution in [0.2, 0.25) is 5.02 Å². The number of hydrogen-bond donors (Lipinski definition) is 1. The number of urea groups is 1. The molecule has 2 heterocycles. The summed E-state index contributed by atoms with van der Waals surface area (Å²) < 4.78 is 5.35. The quantitative estimate of drug-likeness (QED) is 0.511. The van der Waals surface area contributed by atoms with Crippen LogP contribution in [0.1, 0.15) is 16.7 Å². The molecule has 6 nitrogen and oxygen atoms in total. The van der Waals surface area contributed by atoms with Gasteiger partial charge in [-0.05, 0) is 48.4 Å². The third kappa shape index (κ3) is 3.69. The van der Waals surface area contributed by atoms with E-state index in [1.165, 1.54) is 11.8 Å². The number of nitrogens with zero attached hydrogens (tertiary/aromatic N) is 2. The van der Waals surface area contributed by atoms with E-state index < -0.39 is 4.87 Å². The maximum absolute atomic E-state index is 14.0. The molecular formula is C26H24ClN3O3S. The smallest absolute Gasteiger partial charge is 0.323 e. The molecule has 2 aliphatic heterocycles. The summed E-state index contributed by atoms with van der Waals surface area (Å²) in [5.74, 6) is 1.28. The lowest BCUT2D eigenvalue weighted by atomic mass is 10.1. The van der Waals surface area contributed by atoms with Crippen molar-refractivity contribution in [2.75, 3.05) is 29.6 Å². The summed E-state index contributed by atoms with van der Waals surface area (Å²) in [6.07, 6.45) is 0. The number of anilines is 2. The van der Waals surface area contributed by atoms with Gasteiger partial charge in [0.2, 0.25) is 0 Å². The Kier molecular flexibility index (Phi) is 5.91. The highest BCUT2D eigenvalue weighted by atomic mass is 35.5. The van der Waals surface area contributed by atoms with Gasteiger partial charge in [-0.2, -0.15) is 0 Å². The minimum atomic E-state index is -1.10. The summed E-state index contributed by atoms with van der Waals surface area (Å²) in [5.41, 5.74) is 4.14. The zero-order valence-corrected chi connectivity index (χ0v) is 20.4. The Bertz CT molecular complexity index is 1280. The second-order valence-corrected chi connectivity index (χ2v) is 9.99. The standard InChI is InChI=1S/C26H24ClN3O3S/c1-17-10-11-19(15-22(17)27)28-25(32)30-12-13-34-26(30)21-8-3-4-9-23(21)29(24(26)31)16-18-6-5-7-20(14-18)33-2/h3-11,14-15H,12-13,16H2,1-2H3,(H,28,32)/t26-/m0/s1. The van der Waals surface area contributed by atoms with E-state index in [0.29, 0.717) is 29.6 Å². The zero-order valence-electron chi connectivity index (χ0n) is 18.9. The van der Waals surface area contributed by atoms with Gasteiger partial charge >= 0.3 is 6.03 Å². The van der Waals surface area contributed by atoms with Crippen molar-refractivity contribution in [1.82, 2.24) is 4.90 Å². The maximum Gasteiger partial charge on any atom is 0.323 e. The molecule has 0 unspecified atom stereocenters. The second-order valence-electron chi connectivity index (χ2n) is 8.30. The number of aryl methyl sites for hydroxylation is 1. The molecule has 0 bridgehead atoms. The van der Waals surface area contributed by atoms with E-state index in [-0.39, 0.29) is 11.9 Å². The summed E-state index contributed by atoms with van der Waals surface area (Å²) in [6, 6.07) is 20.5. The van der Waals surface area contributed by atoms with Gasteiger partial charge in [0, 0.05) is 28.6 Å². The molecule has 3 aromatic rings. The molecule has 34 heavy (non-hydrogen) atoms. The Morgan fingerprint density at radius 3 is 2.76 bits per heavy atom. The minimum Gasteiger partial charge on any atom is -0.497 e. The SMILES string of the molecule is COc1cccc(CN2C(=O)[C@@]3(SCCN3C(=O)Nc3ccc(C)c(Cl)c3)c3ccccc32)c1. The van der Waals surface area contributed by atoms with Crippen LogP contribution in [0.25, 0.3) is 0 Å². The second kappa shape index (κ2) is 8.89. The van der Waals surface area contributed by atoms with Gasteiger partial charge in [0.25, 0.3) is 5.91 Å². The number of nitrogens with one attached hydrogen (secondary N) is 1. The average molecular weight is 494 g/mol. The van der Waals surface area contributed by atoms with E-state index in [1.54, 1.807) is 23.0 Å². The first-order valence-electron chi connectivity index (χ1n) is 11.0. The van der Waals surface area contributed by atoms with Crippen molar-refractivity contribution in [1.29, 1.82) is 0 Å². The first-order chi connectivity index (χ1) is 16.4. The van der Waals surface area contributed by atoms with Crippen LogP contribution >= 0.6 is 23.4 Å². The van der Waals surface area contributed by atoms with Crippen LogP contribution in [0.5, 0.6) is 5.75 Å². The van der Waals surface area contributed by atoms with E-state index in [2.05, 4.69) is 5.32 Å². The first-order valence-corrected chi connectivity index (χ1v) is 12.3. The summed E-state index contributed by atoms with van der Waals surface area (Å²) >= 11 is 7.75. The Balaban J connectivity index is 1.49. The van der Waals surface area contributed by atoms with E-state index >= 15 is 0 Å². The molecule has 0 radical (unpaired) electrons. The largest absolute Gasteiger partial charge is 0.497 e. The molecule has 0 aromatic heterocycles. The van der Waals surface area contributed by atoms with Gasteiger partial charge in [0.05, 0.1) is 19.3 Å². The first kappa shape index (κ1) is 22.6. The number of carbonyl (C=O) groups excluding carboxylic acids is 2. The number of fused-ring (bicyclic) bond motifs is 2. The van der Waals surface area contributed by atoms with Crippen molar-refractivity contribution >= 4 is 46.7 Å². The molecule has 1 atom stereocenters.